The molecular formula is C57H84O6. The lowest BCUT2D eigenvalue weighted by atomic mass is 10.1. The lowest BCUT2D eigenvalue weighted by molar-refractivity contribution is -0.167. The molecule has 6 nitrogen and oxygen atoms in total. The minimum atomic E-state index is -0.835. The molecule has 0 aliphatic carbocycles. The van der Waals surface area contributed by atoms with Gasteiger partial charge in [0.05, 0.1) is 0 Å². The summed E-state index contributed by atoms with van der Waals surface area (Å²) in [5, 5.41) is 0. The van der Waals surface area contributed by atoms with Gasteiger partial charge >= 0.3 is 17.9 Å². The zero-order valence-electron chi connectivity index (χ0n) is 39.5. The SMILES string of the molecule is CC/C=C/C=C/C=C/C=C/CCCCCC(=O)OCC(COC(=O)CCCCC/C=C/C/C=C/C/C=C/C/C=C/C/C=C/CC)OC(=O)CCCCC/C=C/C=C/C=C/C=C/CC. The van der Waals surface area contributed by atoms with Crippen LogP contribution in [-0.2, 0) is 28.6 Å². The standard InChI is InChI=1S/C57H84O6/c1-4-7-10-13-16-19-22-25-26-27-28-29-30-33-35-38-41-44-47-50-56(59)62-53-54(63-57(60)51-48-45-42-39-36-32-24-21-18-15-12-9-6-3)52-61-55(58)49-46-43-40-37-34-31-23-20-17-14-11-8-5-2/h7-12,14-21,23-26,28-29,31-36,54H,4-6,13,22,27,30,37-53H2,1-3H3/b10-7+,11-8+,12-9+,17-14+,18-15+,19-16+,23-20+,24-21+,26-25+,29-28+,34-31+,35-33+,36-32+. The van der Waals surface area contributed by atoms with Crippen LogP contribution in [0.1, 0.15) is 162 Å². The number of hydrogen-bond acceptors (Lipinski definition) is 6. The molecule has 0 heterocycles. The molecule has 0 radical (unpaired) electrons. The van der Waals surface area contributed by atoms with Crippen molar-refractivity contribution in [3.05, 3.63) is 158 Å². The van der Waals surface area contributed by atoms with Crippen LogP contribution in [0.25, 0.3) is 0 Å². The normalized spacial score (nSPS) is 13.5. The Morgan fingerprint density at radius 1 is 0.333 bits per heavy atom. The van der Waals surface area contributed by atoms with Crippen LogP contribution in [0.2, 0.25) is 0 Å². The fraction of sp³-hybridized carbons (Fsp3) is 0.491. The van der Waals surface area contributed by atoms with E-state index in [-0.39, 0.29) is 44.0 Å². The molecule has 0 aliphatic rings. The fourth-order valence-electron chi connectivity index (χ4n) is 5.66. The topological polar surface area (TPSA) is 78.9 Å². The highest BCUT2D eigenvalue weighted by Crippen LogP contribution is 2.11. The highest BCUT2D eigenvalue weighted by molar-refractivity contribution is 5.71. The third-order valence-corrected chi connectivity index (χ3v) is 9.20. The maximum Gasteiger partial charge on any atom is 0.306 e. The van der Waals surface area contributed by atoms with Crippen LogP contribution in [0.15, 0.2) is 158 Å². The molecule has 0 rings (SSSR count). The van der Waals surface area contributed by atoms with Crippen LogP contribution in [0.5, 0.6) is 0 Å². The van der Waals surface area contributed by atoms with E-state index < -0.39 is 6.10 Å². The summed E-state index contributed by atoms with van der Waals surface area (Å²) >= 11 is 0. The Bertz CT molecular complexity index is 1510. The van der Waals surface area contributed by atoms with Gasteiger partial charge in [-0.25, -0.2) is 0 Å². The van der Waals surface area contributed by atoms with Crippen LogP contribution in [0.3, 0.4) is 0 Å². The number of ether oxygens (including phenoxy) is 3. The van der Waals surface area contributed by atoms with Gasteiger partial charge in [-0.2, -0.15) is 0 Å². The van der Waals surface area contributed by atoms with Gasteiger partial charge in [0.2, 0.25) is 0 Å². The summed E-state index contributed by atoms with van der Waals surface area (Å²) in [6, 6.07) is 0. The molecule has 1 unspecified atom stereocenters. The van der Waals surface area contributed by atoms with Crippen molar-refractivity contribution in [3.63, 3.8) is 0 Å². The molecule has 0 N–H and O–H groups in total. The first kappa shape index (κ1) is 58.0. The summed E-state index contributed by atoms with van der Waals surface area (Å²) in [5.74, 6) is -1.06. The summed E-state index contributed by atoms with van der Waals surface area (Å²) in [6.45, 7) is 6.10. The molecule has 0 spiro atoms. The van der Waals surface area contributed by atoms with Gasteiger partial charge in [0.15, 0.2) is 6.10 Å². The zero-order chi connectivity index (χ0) is 45.8. The molecule has 6 heteroatoms. The first-order chi connectivity index (χ1) is 31.0. The molecule has 0 saturated heterocycles. The van der Waals surface area contributed by atoms with Gasteiger partial charge in [-0.05, 0) is 103 Å². The predicted octanol–water partition coefficient (Wildman–Crippen LogP) is 15.9. The number of allylic oxidation sites excluding steroid dienone is 26. The second kappa shape index (κ2) is 49.7. The predicted molar refractivity (Wildman–Crippen MR) is 269 cm³/mol. The summed E-state index contributed by atoms with van der Waals surface area (Å²) in [7, 11) is 0. The maximum atomic E-state index is 12.7. The summed E-state index contributed by atoms with van der Waals surface area (Å²) < 4.78 is 16.6. The van der Waals surface area contributed by atoms with E-state index in [4.69, 9.17) is 14.2 Å². The monoisotopic (exact) mass is 865 g/mol. The Labute approximate surface area is 384 Å². The molecule has 0 saturated carbocycles. The average Bonchev–Trinajstić information content (AvgIpc) is 3.28. The number of esters is 3. The molecule has 348 valence electrons. The van der Waals surface area contributed by atoms with Crippen LogP contribution in [-0.4, -0.2) is 37.2 Å². The van der Waals surface area contributed by atoms with E-state index in [1.54, 1.807) is 0 Å². The molecular weight excluding hydrogens is 781 g/mol. The smallest absolute Gasteiger partial charge is 0.306 e. The summed E-state index contributed by atoms with van der Waals surface area (Å²) in [4.78, 5) is 37.9. The van der Waals surface area contributed by atoms with Crippen molar-refractivity contribution in [2.24, 2.45) is 0 Å². The highest BCUT2D eigenvalue weighted by Gasteiger charge is 2.19. The van der Waals surface area contributed by atoms with Crippen molar-refractivity contribution in [1.29, 1.82) is 0 Å². The lowest BCUT2D eigenvalue weighted by Gasteiger charge is -2.18. The van der Waals surface area contributed by atoms with Crippen LogP contribution in [0, 0.1) is 0 Å². The van der Waals surface area contributed by atoms with Gasteiger partial charge in [0.25, 0.3) is 0 Å². The number of rotatable bonds is 40. The van der Waals surface area contributed by atoms with E-state index in [0.29, 0.717) is 19.3 Å². The van der Waals surface area contributed by atoms with E-state index in [1.807, 2.05) is 72.9 Å². The fourth-order valence-corrected chi connectivity index (χ4v) is 5.66. The van der Waals surface area contributed by atoms with E-state index >= 15 is 0 Å². The van der Waals surface area contributed by atoms with Crippen molar-refractivity contribution in [3.8, 4) is 0 Å². The van der Waals surface area contributed by atoms with E-state index in [0.717, 1.165) is 109 Å². The molecule has 0 bridgehead atoms. The van der Waals surface area contributed by atoms with Gasteiger partial charge in [-0.15, -0.1) is 0 Å². The van der Waals surface area contributed by atoms with Crippen LogP contribution in [0.4, 0.5) is 0 Å². The van der Waals surface area contributed by atoms with Crippen molar-refractivity contribution in [2.45, 2.75) is 168 Å². The first-order valence-electron chi connectivity index (χ1n) is 24.1. The number of carbonyl (C=O) groups is 3. The molecule has 63 heavy (non-hydrogen) atoms. The second-order valence-electron chi connectivity index (χ2n) is 15.1. The van der Waals surface area contributed by atoms with Crippen molar-refractivity contribution < 1.29 is 28.6 Å². The Hall–Kier alpha value is -4.97. The highest BCUT2D eigenvalue weighted by atomic mass is 16.6. The Morgan fingerprint density at radius 3 is 1.05 bits per heavy atom. The van der Waals surface area contributed by atoms with Gasteiger partial charge in [0, 0.05) is 19.3 Å². The van der Waals surface area contributed by atoms with E-state index in [9.17, 15) is 14.4 Å². The molecule has 0 amide bonds. The van der Waals surface area contributed by atoms with Crippen molar-refractivity contribution >= 4 is 17.9 Å². The molecule has 0 aromatic rings. The molecule has 0 aliphatic heterocycles. The van der Waals surface area contributed by atoms with Gasteiger partial charge in [0.1, 0.15) is 13.2 Å². The van der Waals surface area contributed by atoms with E-state index in [2.05, 4.69) is 106 Å². The average molecular weight is 865 g/mol. The third kappa shape index (κ3) is 47.9. The Kier molecular flexibility index (Phi) is 45.8. The number of carbonyl (C=O) groups excluding carboxylic acids is 3. The number of unbranched alkanes of at least 4 members (excludes halogenated alkanes) is 9. The van der Waals surface area contributed by atoms with Crippen LogP contribution >= 0.6 is 0 Å². The van der Waals surface area contributed by atoms with Crippen molar-refractivity contribution in [1.82, 2.24) is 0 Å². The van der Waals surface area contributed by atoms with Gasteiger partial charge in [-0.1, -0.05) is 198 Å². The van der Waals surface area contributed by atoms with Gasteiger partial charge < -0.3 is 14.2 Å². The Balaban J connectivity index is 4.59. The molecule has 0 aromatic heterocycles. The van der Waals surface area contributed by atoms with Gasteiger partial charge in [-0.3, -0.25) is 14.4 Å². The minimum Gasteiger partial charge on any atom is -0.462 e. The van der Waals surface area contributed by atoms with Crippen LogP contribution < -0.4 is 0 Å². The molecule has 0 aromatic carbocycles. The third-order valence-electron chi connectivity index (χ3n) is 9.20. The lowest BCUT2D eigenvalue weighted by Crippen LogP contribution is -2.30. The summed E-state index contributed by atoms with van der Waals surface area (Å²) in [5.41, 5.74) is 0. The number of hydrogen-bond donors (Lipinski definition) is 0. The largest absolute Gasteiger partial charge is 0.462 e. The first-order valence-corrected chi connectivity index (χ1v) is 24.1. The Morgan fingerprint density at radius 2 is 0.651 bits per heavy atom. The summed E-state index contributed by atoms with van der Waals surface area (Å²) in [6.07, 6.45) is 72.3. The maximum absolute atomic E-state index is 12.7. The second-order valence-corrected chi connectivity index (χ2v) is 15.1. The molecule has 0 fully saturated rings. The quantitative estimate of drug-likeness (QED) is 0.0201. The van der Waals surface area contributed by atoms with E-state index in [1.165, 1.54) is 0 Å². The zero-order valence-corrected chi connectivity index (χ0v) is 39.5. The minimum absolute atomic E-state index is 0.133. The van der Waals surface area contributed by atoms with Crippen molar-refractivity contribution in [2.75, 3.05) is 13.2 Å². The molecule has 1 atom stereocenters.